The molecular formula is C10H13N5O. The van der Waals surface area contributed by atoms with Gasteiger partial charge in [-0.05, 0) is 19.9 Å². The van der Waals surface area contributed by atoms with E-state index >= 15 is 0 Å². The van der Waals surface area contributed by atoms with Crippen molar-refractivity contribution in [3.63, 3.8) is 0 Å². The van der Waals surface area contributed by atoms with E-state index in [0.717, 1.165) is 18.4 Å². The second-order valence-corrected chi connectivity index (χ2v) is 3.43. The van der Waals surface area contributed by atoms with E-state index in [2.05, 4.69) is 20.1 Å². The molecule has 0 spiro atoms. The Bertz CT molecular complexity index is 450. The van der Waals surface area contributed by atoms with Crippen molar-refractivity contribution in [1.82, 2.24) is 20.1 Å². The van der Waals surface area contributed by atoms with Crippen LogP contribution in [0.2, 0.25) is 0 Å². The zero-order valence-electron chi connectivity index (χ0n) is 9.05. The summed E-state index contributed by atoms with van der Waals surface area (Å²) in [6, 6.07) is 0. The summed E-state index contributed by atoms with van der Waals surface area (Å²) < 4.78 is 5.11. The summed E-state index contributed by atoms with van der Waals surface area (Å²) in [6.07, 6.45) is 4.92. The molecule has 2 rings (SSSR count). The molecule has 0 saturated carbocycles. The monoisotopic (exact) mass is 219 g/mol. The molecule has 0 atom stereocenters. The molecule has 0 unspecified atom stereocenters. The van der Waals surface area contributed by atoms with Gasteiger partial charge in [0.2, 0.25) is 0 Å². The van der Waals surface area contributed by atoms with Crippen molar-refractivity contribution in [1.29, 1.82) is 0 Å². The van der Waals surface area contributed by atoms with Gasteiger partial charge in [0.15, 0.2) is 5.82 Å². The van der Waals surface area contributed by atoms with Gasteiger partial charge in [0.05, 0.1) is 5.56 Å². The van der Waals surface area contributed by atoms with Crippen LogP contribution in [0.5, 0.6) is 0 Å². The van der Waals surface area contributed by atoms with Crippen molar-refractivity contribution < 1.29 is 4.52 Å². The van der Waals surface area contributed by atoms with Crippen molar-refractivity contribution in [2.75, 3.05) is 6.54 Å². The molecule has 0 radical (unpaired) electrons. The summed E-state index contributed by atoms with van der Waals surface area (Å²) in [4.78, 5) is 12.4. The Balaban J connectivity index is 2.15. The summed E-state index contributed by atoms with van der Waals surface area (Å²) in [5.41, 5.74) is 6.14. The van der Waals surface area contributed by atoms with Gasteiger partial charge in [-0.25, -0.2) is 9.97 Å². The number of rotatable bonds is 4. The maximum absolute atomic E-state index is 5.40. The molecule has 6 nitrogen and oxygen atoms in total. The molecule has 2 aromatic heterocycles. The second-order valence-electron chi connectivity index (χ2n) is 3.43. The first-order valence-electron chi connectivity index (χ1n) is 5.11. The minimum atomic E-state index is 0.451. The van der Waals surface area contributed by atoms with Crippen molar-refractivity contribution in [2.24, 2.45) is 5.73 Å². The maximum Gasteiger partial charge on any atom is 0.261 e. The van der Waals surface area contributed by atoms with Crippen LogP contribution in [0.1, 0.15) is 18.1 Å². The number of aromatic nitrogens is 4. The standard InChI is InChI=1S/C10H13N5O/c1-7-12-5-8(6-13-7)10-14-9(15-16-10)3-2-4-11/h5-6H,2-4,11H2,1H3. The van der Waals surface area contributed by atoms with E-state index in [1.165, 1.54) is 0 Å². The van der Waals surface area contributed by atoms with Crippen LogP contribution >= 0.6 is 0 Å². The molecule has 2 N–H and O–H groups in total. The van der Waals surface area contributed by atoms with Crippen LogP contribution in [0.15, 0.2) is 16.9 Å². The smallest absolute Gasteiger partial charge is 0.261 e. The maximum atomic E-state index is 5.40. The fourth-order valence-corrected chi connectivity index (χ4v) is 1.24. The Labute approximate surface area is 92.9 Å². The molecule has 2 aromatic rings. The summed E-state index contributed by atoms with van der Waals surface area (Å²) in [7, 11) is 0. The van der Waals surface area contributed by atoms with Crippen LogP contribution in [0.25, 0.3) is 11.5 Å². The third kappa shape index (κ3) is 2.40. The minimum Gasteiger partial charge on any atom is -0.334 e. The van der Waals surface area contributed by atoms with E-state index in [4.69, 9.17) is 10.3 Å². The van der Waals surface area contributed by atoms with E-state index < -0.39 is 0 Å². The van der Waals surface area contributed by atoms with Gasteiger partial charge in [-0.1, -0.05) is 5.16 Å². The Morgan fingerprint density at radius 1 is 1.31 bits per heavy atom. The lowest BCUT2D eigenvalue weighted by atomic mass is 10.3. The average molecular weight is 219 g/mol. The molecule has 0 amide bonds. The van der Waals surface area contributed by atoms with Crippen molar-refractivity contribution in [3.05, 3.63) is 24.0 Å². The van der Waals surface area contributed by atoms with Crippen molar-refractivity contribution >= 4 is 0 Å². The lowest BCUT2D eigenvalue weighted by Crippen LogP contribution is -2.01. The largest absolute Gasteiger partial charge is 0.334 e. The number of nitrogens with two attached hydrogens (primary N) is 1. The molecule has 0 aliphatic heterocycles. The Morgan fingerprint density at radius 3 is 2.75 bits per heavy atom. The van der Waals surface area contributed by atoms with Gasteiger partial charge in [0.1, 0.15) is 5.82 Å². The summed E-state index contributed by atoms with van der Waals surface area (Å²) in [5.74, 6) is 1.83. The highest BCUT2D eigenvalue weighted by atomic mass is 16.5. The molecule has 0 aromatic carbocycles. The van der Waals surface area contributed by atoms with Gasteiger partial charge in [-0.3, -0.25) is 0 Å². The molecule has 0 bridgehead atoms. The highest BCUT2D eigenvalue weighted by Crippen LogP contribution is 2.14. The number of aryl methyl sites for hydroxylation is 2. The van der Waals surface area contributed by atoms with Crippen molar-refractivity contribution in [2.45, 2.75) is 19.8 Å². The quantitative estimate of drug-likeness (QED) is 0.815. The van der Waals surface area contributed by atoms with Crippen LogP contribution < -0.4 is 5.73 Å². The fourth-order valence-electron chi connectivity index (χ4n) is 1.24. The van der Waals surface area contributed by atoms with E-state index in [0.29, 0.717) is 24.1 Å². The Kier molecular flexibility index (Phi) is 3.21. The Morgan fingerprint density at radius 2 is 2.06 bits per heavy atom. The highest BCUT2D eigenvalue weighted by Gasteiger charge is 2.08. The number of nitrogens with zero attached hydrogens (tertiary/aromatic N) is 4. The van der Waals surface area contributed by atoms with E-state index in [9.17, 15) is 0 Å². The molecule has 0 fully saturated rings. The predicted molar refractivity (Wildman–Crippen MR) is 57.4 cm³/mol. The first-order valence-corrected chi connectivity index (χ1v) is 5.11. The van der Waals surface area contributed by atoms with E-state index in [-0.39, 0.29) is 0 Å². The fraction of sp³-hybridized carbons (Fsp3) is 0.400. The Hall–Kier alpha value is -1.82. The lowest BCUT2D eigenvalue weighted by molar-refractivity contribution is 0.421. The van der Waals surface area contributed by atoms with Gasteiger partial charge >= 0.3 is 0 Å². The van der Waals surface area contributed by atoms with E-state index in [1.807, 2.05) is 6.92 Å². The first-order chi connectivity index (χ1) is 7.79. The molecular weight excluding hydrogens is 206 g/mol. The van der Waals surface area contributed by atoms with Gasteiger partial charge in [-0.2, -0.15) is 4.98 Å². The van der Waals surface area contributed by atoms with Crippen LogP contribution in [0.4, 0.5) is 0 Å². The van der Waals surface area contributed by atoms with Crippen LogP contribution in [-0.2, 0) is 6.42 Å². The summed E-state index contributed by atoms with van der Waals surface area (Å²) >= 11 is 0. The van der Waals surface area contributed by atoms with Gasteiger partial charge in [-0.15, -0.1) is 0 Å². The molecule has 0 aliphatic carbocycles. The lowest BCUT2D eigenvalue weighted by Gasteiger charge is -1.92. The molecule has 2 heterocycles. The molecule has 0 saturated heterocycles. The zero-order valence-corrected chi connectivity index (χ0v) is 9.05. The first kappa shape index (κ1) is 10.7. The summed E-state index contributed by atoms with van der Waals surface area (Å²) in [5, 5.41) is 3.86. The topological polar surface area (TPSA) is 90.7 Å². The normalized spacial score (nSPS) is 10.6. The zero-order chi connectivity index (χ0) is 11.4. The average Bonchev–Trinajstić information content (AvgIpc) is 2.76. The minimum absolute atomic E-state index is 0.451. The van der Waals surface area contributed by atoms with Crippen molar-refractivity contribution in [3.8, 4) is 11.5 Å². The van der Waals surface area contributed by atoms with Gasteiger partial charge in [0, 0.05) is 18.8 Å². The third-order valence-electron chi connectivity index (χ3n) is 2.10. The van der Waals surface area contributed by atoms with E-state index in [1.54, 1.807) is 12.4 Å². The highest BCUT2D eigenvalue weighted by molar-refractivity contribution is 5.48. The number of hydrogen-bond acceptors (Lipinski definition) is 6. The predicted octanol–water partition coefficient (Wildman–Crippen LogP) is 0.726. The second kappa shape index (κ2) is 4.80. The summed E-state index contributed by atoms with van der Waals surface area (Å²) in [6.45, 7) is 2.45. The molecule has 84 valence electrons. The van der Waals surface area contributed by atoms with Crippen LogP contribution in [0, 0.1) is 6.92 Å². The third-order valence-corrected chi connectivity index (χ3v) is 2.10. The molecule has 0 aliphatic rings. The number of hydrogen-bond donors (Lipinski definition) is 1. The SMILES string of the molecule is Cc1ncc(-c2nc(CCCN)no2)cn1. The molecule has 6 heteroatoms. The van der Waals surface area contributed by atoms with Gasteiger partial charge in [0.25, 0.3) is 5.89 Å². The molecule has 16 heavy (non-hydrogen) atoms. The van der Waals surface area contributed by atoms with Crippen LogP contribution in [-0.4, -0.2) is 26.7 Å². The van der Waals surface area contributed by atoms with Crippen LogP contribution in [0.3, 0.4) is 0 Å². The van der Waals surface area contributed by atoms with Gasteiger partial charge < -0.3 is 10.3 Å².